The van der Waals surface area contributed by atoms with E-state index in [9.17, 15) is 14.4 Å². The van der Waals surface area contributed by atoms with Crippen molar-refractivity contribution in [3.8, 4) is 0 Å². The lowest BCUT2D eigenvalue weighted by Crippen LogP contribution is -3.11. The van der Waals surface area contributed by atoms with Gasteiger partial charge in [0, 0.05) is 0 Å². The van der Waals surface area contributed by atoms with Gasteiger partial charge in [0.25, 0.3) is 11.5 Å². The zero-order chi connectivity index (χ0) is 19.9. The fourth-order valence-corrected chi connectivity index (χ4v) is 2.79. The number of rotatable bonds is 7. The molecule has 0 saturated carbocycles. The number of furan rings is 1. The predicted molar refractivity (Wildman–Crippen MR) is 102 cm³/mol. The van der Waals surface area contributed by atoms with E-state index in [2.05, 4.69) is 20.6 Å². The van der Waals surface area contributed by atoms with Crippen molar-refractivity contribution >= 4 is 22.8 Å². The number of hydrogen-bond acceptors (Lipinski definition) is 5. The van der Waals surface area contributed by atoms with Crippen molar-refractivity contribution in [2.75, 3.05) is 13.1 Å². The molecule has 9 nitrogen and oxygen atoms in total. The molecule has 28 heavy (non-hydrogen) atoms. The summed E-state index contributed by atoms with van der Waals surface area (Å²) in [6, 6.07) is 9.94. The summed E-state index contributed by atoms with van der Waals surface area (Å²) in [5, 5.41) is 5.36. The van der Waals surface area contributed by atoms with Gasteiger partial charge in [0.05, 0.1) is 30.3 Å². The van der Waals surface area contributed by atoms with Crippen molar-refractivity contribution < 1.29 is 18.9 Å². The minimum Gasteiger partial charge on any atom is -0.467 e. The summed E-state index contributed by atoms with van der Waals surface area (Å²) in [6.45, 7) is 3.16. The van der Waals surface area contributed by atoms with E-state index in [0.717, 1.165) is 4.90 Å². The maximum Gasteiger partial charge on any atom is 0.321 e. The molecule has 9 heteroatoms. The molecule has 2 aromatic heterocycles. The first-order chi connectivity index (χ1) is 13.5. The zero-order valence-corrected chi connectivity index (χ0v) is 15.5. The minimum atomic E-state index is -0.589. The predicted octanol–water partition coefficient (Wildman–Crippen LogP) is -0.0531. The number of imide groups is 1. The zero-order valence-electron chi connectivity index (χ0n) is 15.5. The average Bonchev–Trinajstić information content (AvgIpc) is 3.19. The molecule has 1 atom stereocenters. The Balaban J connectivity index is 1.55. The number of para-hydroxylation sites is 1. The molecule has 0 aliphatic carbocycles. The number of aromatic amines is 1. The molecule has 0 radical (unpaired) electrons. The Bertz CT molecular complexity index is 1010. The number of carbonyl (C=O) groups excluding carboxylic acids is 2. The molecule has 4 N–H and O–H groups in total. The van der Waals surface area contributed by atoms with Crippen LogP contribution in [0.2, 0.25) is 0 Å². The van der Waals surface area contributed by atoms with Gasteiger partial charge in [0.1, 0.15) is 12.3 Å². The Morgan fingerprint density at radius 1 is 1.21 bits per heavy atom. The van der Waals surface area contributed by atoms with Gasteiger partial charge in [-0.3, -0.25) is 14.9 Å². The smallest absolute Gasteiger partial charge is 0.321 e. The fraction of sp³-hybridized carbons (Fsp3) is 0.263. The van der Waals surface area contributed by atoms with Gasteiger partial charge >= 0.3 is 6.03 Å². The number of likely N-dealkylation sites (N-methyl/N-ethyl adjacent to an activating group) is 1. The standard InChI is InChI=1S/C19H21N5O4/c1-2-24(11-16-21-15-8-4-3-7-14(15)18(26)22-16)12-17(25)23-19(27)20-10-13-6-5-9-28-13/h3-9H,2,10-12H2,1H3,(H,21,22,26)(H2,20,23,25,27)/p+1. The van der Waals surface area contributed by atoms with Crippen LogP contribution in [0.1, 0.15) is 18.5 Å². The normalized spacial score (nSPS) is 11.9. The molecular formula is C19H22N5O4+. The van der Waals surface area contributed by atoms with Crippen molar-refractivity contribution in [3.63, 3.8) is 0 Å². The number of carbonyl (C=O) groups is 2. The van der Waals surface area contributed by atoms with Gasteiger partial charge < -0.3 is 19.6 Å². The van der Waals surface area contributed by atoms with Gasteiger partial charge in [-0.2, -0.15) is 0 Å². The summed E-state index contributed by atoms with van der Waals surface area (Å²) in [5.41, 5.74) is 0.399. The van der Waals surface area contributed by atoms with Crippen LogP contribution in [0, 0.1) is 0 Å². The Hall–Kier alpha value is -3.46. The summed E-state index contributed by atoms with van der Waals surface area (Å²) in [7, 11) is 0. The molecule has 3 rings (SSSR count). The van der Waals surface area contributed by atoms with Crippen LogP contribution in [0.4, 0.5) is 4.79 Å². The van der Waals surface area contributed by atoms with Crippen molar-refractivity contribution in [3.05, 3.63) is 64.6 Å². The summed E-state index contributed by atoms with van der Waals surface area (Å²) < 4.78 is 5.11. The average molecular weight is 384 g/mol. The lowest BCUT2D eigenvalue weighted by atomic mass is 10.2. The van der Waals surface area contributed by atoms with Crippen LogP contribution in [0.5, 0.6) is 0 Å². The van der Waals surface area contributed by atoms with Gasteiger partial charge in [-0.25, -0.2) is 9.78 Å². The Morgan fingerprint density at radius 3 is 2.79 bits per heavy atom. The number of quaternary nitrogens is 1. The molecule has 0 fully saturated rings. The van der Waals surface area contributed by atoms with E-state index in [0.29, 0.717) is 35.6 Å². The third-order valence-electron chi connectivity index (χ3n) is 4.25. The van der Waals surface area contributed by atoms with Crippen molar-refractivity contribution in [1.82, 2.24) is 20.6 Å². The van der Waals surface area contributed by atoms with E-state index in [1.54, 1.807) is 30.3 Å². The fourth-order valence-electron chi connectivity index (χ4n) is 2.79. The summed E-state index contributed by atoms with van der Waals surface area (Å²) in [4.78, 5) is 44.2. The summed E-state index contributed by atoms with van der Waals surface area (Å²) in [6.07, 6.45) is 1.51. The molecule has 1 unspecified atom stereocenters. The van der Waals surface area contributed by atoms with Crippen LogP contribution >= 0.6 is 0 Å². The molecule has 3 aromatic rings. The first kappa shape index (κ1) is 19.3. The van der Waals surface area contributed by atoms with Gasteiger partial charge in [-0.05, 0) is 31.2 Å². The molecule has 3 amide bonds. The molecule has 146 valence electrons. The highest BCUT2D eigenvalue weighted by Gasteiger charge is 2.17. The maximum atomic E-state index is 12.2. The number of benzene rings is 1. The number of aromatic nitrogens is 2. The van der Waals surface area contributed by atoms with Crippen molar-refractivity contribution in [2.24, 2.45) is 0 Å². The number of nitrogens with one attached hydrogen (secondary N) is 4. The second-order valence-electron chi connectivity index (χ2n) is 6.30. The Kier molecular flexibility index (Phi) is 6.18. The van der Waals surface area contributed by atoms with Crippen LogP contribution in [0.15, 0.2) is 51.9 Å². The number of urea groups is 1. The highest BCUT2D eigenvalue weighted by Crippen LogP contribution is 2.04. The Morgan fingerprint density at radius 2 is 2.04 bits per heavy atom. The van der Waals surface area contributed by atoms with E-state index >= 15 is 0 Å². The van der Waals surface area contributed by atoms with Crippen molar-refractivity contribution in [1.29, 1.82) is 0 Å². The van der Waals surface area contributed by atoms with Gasteiger partial charge in [0.2, 0.25) is 0 Å². The minimum absolute atomic E-state index is 0.0706. The number of hydrogen-bond donors (Lipinski definition) is 4. The summed E-state index contributed by atoms with van der Waals surface area (Å²) >= 11 is 0. The molecule has 2 heterocycles. The largest absolute Gasteiger partial charge is 0.467 e. The summed E-state index contributed by atoms with van der Waals surface area (Å²) in [5.74, 6) is 0.669. The molecule has 0 bridgehead atoms. The number of fused-ring (bicyclic) bond motifs is 1. The van der Waals surface area contributed by atoms with Gasteiger partial charge in [-0.1, -0.05) is 12.1 Å². The third kappa shape index (κ3) is 5.04. The molecule has 0 aliphatic heterocycles. The van der Waals surface area contributed by atoms with Gasteiger partial charge in [-0.15, -0.1) is 0 Å². The second-order valence-corrected chi connectivity index (χ2v) is 6.30. The van der Waals surface area contributed by atoms with E-state index in [1.807, 2.05) is 13.0 Å². The van der Waals surface area contributed by atoms with E-state index < -0.39 is 11.9 Å². The topological polar surface area (TPSA) is 122 Å². The molecule has 0 saturated heterocycles. The molecule has 0 spiro atoms. The first-order valence-electron chi connectivity index (χ1n) is 8.96. The maximum absolute atomic E-state index is 12.2. The highest BCUT2D eigenvalue weighted by atomic mass is 16.3. The van der Waals surface area contributed by atoms with E-state index in [-0.39, 0.29) is 18.6 Å². The van der Waals surface area contributed by atoms with Crippen LogP contribution in [-0.4, -0.2) is 35.0 Å². The number of H-pyrrole nitrogens is 1. The van der Waals surface area contributed by atoms with Crippen LogP contribution < -0.4 is 21.1 Å². The Labute approximate surface area is 160 Å². The van der Waals surface area contributed by atoms with Gasteiger partial charge in [0.15, 0.2) is 12.4 Å². The first-order valence-corrected chi connectivity index (χ1v) is 8.96. The SMILES string of the molecule is CC[NH+](CC(=O)NC(=O)NCc1ccco1)Cc1nc2ccccc2c(=O)[nH]1. The molecule has 1 aromatic carbocycles. The molecule has 0 aliphatic rings. The van der Waals surface area contributed by atoms with Crippen molar-refractivity contribution in [2.45, 2.75) is 20.0 Å². The van der Waals surface area contributed by atoms with E-state index in [4.69, 9.17) is 4.42 Å². The highest BCUT2D eigenvalue weighted by molar-refractivity contribution is 5.94. The monoisotopic (exact) mass is 384 g/mol. The lowest BCUT2D eigenvalue weighted by molar-refractivity contribution is -0.904. The quantitative estimate of drug-likeness (QED) is 0.455. The van der Waals surface area contributed by atoms with Crippen LogP contribution in [-0.2, 0) is 17.9 Å². The van der Waals surface area contributed by atoms with Crippen LogP contribution in [0.3, 0.4) is 0 Å². The lowest BCUT2D eigenvalue weighted by Gasteiger charge is -2.16. The molecular weight excluding hydrogens is 362 g/mol. The van der Waals surface area contributed by atoms with Crippen LogP contribution in [0.25, 0.3) is 10.9 Å². The second kappa shape index (κ2) is 8.96. The third-order valence-corrected chi connectivity index (χ3v) is 4.25. The number of nitrogens with zero attached hydrogens (tertiary/aromatic N) is 1. The number of amides is 3. The van der Waals surface area contributed by atoms with E-state index in [1.165, 1.54) is 6.26 Å².